The van der Waals surface area contributed by atoms with E-state index in [0.717, 1.165) is 35.8 Å². The lowest BCUT2D eigenvalue weighted by atomic mass is 10.0. The van der Waals surface area contributed by atoms with E-state index in [1.54, 1.807) is 41.5 Å². The number of likely N-dealkylation sites (tertiary alicyclic amines) is 2. The number of aliphatic hydroxyl groups is 2. The summed E-state index contributed by atoms with van der Waals surface area (Å²) in [5.74, 6) is -1.78. The van der Waals surface area contributed by atoms with E-state index in [1.165, 1.54) is 78.6 Å². The number of methoxy groups -OCH3 is 2. The second kappa shape index (κ2) is 40.4. The molecule has 0 bridgehead atoms. The third-order valence-corrected chi connectivity index (χ3v) is 34.8. The van der Waals surface area contributed by atoms with Gasteiger partial charge in [-0.2, -0.15) is 0 Å². The van der Waals surface area contributed by atoms with E-state index in [2.05, 4.69) is 107 Å². The summed E-state index contributed by atoms with van der Waals surface area (Å²) in [6.45, 7) is 46.4. The van der Waals surface area contributed by atoms with E-state index in [9.17, 15) is 89.6 Å². The van der Waals surface area contributed by atoms with Crippen molar-refractivity contribution in [1.29, 1.82) is 0 Å². The van der Waals surface area contributed by atoms with Crippen molar-refractivity contribution in [2.45, 2.75) is 215 Å². The number of nitrogens with zero attached hydrogens (tertiary/aromatic N) is 7. The molecule has 33 nitrogen and oxygen atoms in total. The molecular weight excluding hydrogens is 1520 g/mol. The number of nitro groups is 5. The van der Waals surface area contributed by atoms with Crippen molar-refractivity contribution in [3.8, 4) is 17.2 Å². The van der Waals surface area contributed by atoms with Crippen LogP contribution in [0.3, 0.4) is 0 Å². The highest BCUT2D eigenvalue weighted by Crippen LogP contribution is 2.41. The molecule has 5 aromatic carbocycles. The number of aromatic hydroxyl groups is 1. The van der Waals surface area contributed by atoms with Gasteiger partial charge in [0.25, 0.3) is 40.3 Å². The lowest BCUT2D eigenvalue weighted by molar-refractivity contribution is -0.385. The van der Waals surface area contributed by atoms with Crippen LogP contribution in [-0.4, -0.2) is 200 Å². The molecule has 5 atom stereocenters. The average Bonchev–Trinajstić information content (AvgIpc) is 1.70. The maximum Gasteiger partial charge on any atom is 0.342 e. The highest BCUT2D eigenvalue weighted by molar-refractivity contribution is 6.75. The summed E-state index contributed by atoms with van der Waals surface area (Å²) >= 11 is 0. The fraction of sp³-hybridized carbons (Fsp3) is 0.532. The molecule has 622 valence electrons. The van der Waals surface area contributed by atoms with Crippen molar-refractivity contribution in [3.63, 3.8) is 0 Å². The predicted molar refractivity (Wildman–Crippen MR) is 433 cm³/mol. The minimum absolute atomic E-state index is 0.00639. The van der Waals surface area contributed by atoms with Crippen molar-refractivity contribution in [2.75, 3.05) is 53.7 Å². The third kappa shape index (κ3) is 26.7. The van der Waals surface area contributed by atoms with Crippen LogP contribution in [0, 0.1) is 99.0 Å². The number of aryl methyl sites for hydroxylation is 7. The number of amides is 2. The molecule has 0 spiro atoms. The number of ether oxygens (including phenoxy) is 2. The number of ketones is 1. The van der Waals surface area contributed by atoms with Crippen molar-refractivity contribution < 1.29 is 96.6 Å². The monoisotopic (exact) mass is 1630 g/mol. The molecule has 0 aromatic heterocycles. The van der Waals surface area contributed by atoms with Crippen LogP contribution in [0.5, 0.6) is 17.2 Å². The second-order valence-corrected chi connectivity index (χ2v) is 47.1. The molecule has 0 aliphatic carbocycles. The minimum atomic E-state index is -2.07. The number of phenolic OH excluding ortho intramolecular Hbond substituents is 1. The van der Waals surface area contributed by atoms with Gasteiger partial charge in [0.15, 0.2) is 43.3 Å². The Kier molecular flexibility index (Phi) is 34.8. The molecule has 8 rings (SSSR count). The Bertz CT molecular complexity index is 4230. The molecule has 0 radical (unpaired) electrons. The number of β-amino-alcohol motifs (C(OH)–C–C–N with tert-alkyl or cyclic N) is 2. The second-order valence-electron chi connectivity index (χ2n) is 32.7. The first-order chi connectivity index (χ1) is 51.8. The molecule has 3 heterocycles. The number of carboxylic acid groups (broad SMARTS) is 1. The van der Waals surface area contributed by atoms with Gasteiger partial charge in [-0.1, -0.05) is 62.3 Å². The zero-order chi connectivity index (χ0) is 86.9. The summed E-state index contributed by atoms with van der Waals surface area (Å²) < 4.78 is 29.0. The van der Waals surface area contributed by atoms with Crippen LogP contribution in [0.15, 0.2) is 60.7 Å². The number of nitro benzene ring substituents is 5. The van der Waals surface area contributed by atoms with Gasteiger partial charge in [0, 0.05) is 68.6 Å². The Morgan fingerprint density at radius 1 is 0.496 bits per heavy atom. The zero-order valence-electron chi connectivity index (χ0n) is 69.2. The summed E-state index contributed by atoms with van der Waals surface area (Å²) in [6.07, 6.45) is 1.44. The van der Waals surface area contributed by atoms with E-state index < -0.39 is 79.5 Å². The highest BCUT2D eigenvalue weighted by atomic mass is 28.4. The quantitative estimate of drug-likeness (QED) is 0.0197. The van der Waals surface area contributed by atoms with E-state index in [-0.39, 0.29) is 121 Å². The number of phenols is 1. The van der Waals surface area contributed by atoms with Crippen LogP contribution in [-0.2, 0) is 18.1 Å². The maximum atomic E-state index is 13.2. The van der Waals surface area contributed by atoms with Gasteiger partial charge < -0.3 is 58.3 Å². The smallest absolute Gasteiger partial charge is 0.342 e. The number of rotatable bonds is 21. The number of carbonyl (C=O) groups is 6. The summed E-state index contributed by atoms with van der Waals surface area (Å²) in [4.78, 5) is 124. The number of aromatic carboxylic acids is 1. The molecule has 5 N–H and O–H groups in total. The van der Waals surface area contributed by atoms with Crippen LogP contribution in [0.25, 0.3) is 0 Å². The summed E-state index contributed by atoms with van der Waals surface area (Å²) in [5, 5.41) is 95.4. The van der Waals surface area contributed by atoms with Crippen molar-refractivity contribution in [1.82, 2.24) is 15.1 Å². The standard InChI is InChI=1S/C20H32N2O6Si.C20H30N2O6Si.C11H25NO2Si.C9H9NO4.C9H9NO3.C8H7NO4/c2*1-13-8-17(22(25)26)16(10-18(13)27-5)19(24)21-11-15(23)9-14(21)12-28-29(6,7)20(2,3)4;1-11(2,3)15(4,5)14-8-9-6-10(13)7-12-9;1-5-3-7(9(11)12)8(10(13)14)4-6(5)2;1-6-3-8(5-11)9(10(12)13)4-7(6)2;1-5-2-6(4-10)7(9(12)13)3-8(5)11/h8,10,14-15,23H,9,11-12H2,1-7H3;8,10,14H,9,11-12H2,1-7H3;9-10,12-13H,6-8H2,1-5H3;3-4H,1-2H3,(H,11,12);3-5H,1-2H3;2-4,11H,1H3/t14-,15+;14-;9-,10+;;;/m000.../s1. The van der Waals surface area contributed by atoms with E-state index in [4.69, 9.17) is 33.0 Å². The molecule has 36 heteroatoms. The van der Waals surface area contributed by atoms with Gasteiger partial charge in [0.1, 0.15) is 33.9 Å². The van der Waals surface area contributed by atoms with Crippen LogP contribution in [0.1, 0.15) is 172 Å². The molecular formula is C77H112N8O25Si3. The molecule has 0 saturated carbocycles. The van der Waals surface area contributed by atoms with Gasteiger partial charge in [0.05, 0.1) is 100 Å². The van der Waals surface area contributed by atoms with Crippen molar-refractivity contribution >= 4 is 89.5 Å². The minimum Gasteiger partial charge on any atom is -0.507 e. The topological polar surface area (TPSA) is 464 Å². The lowest BCUT2D eigenvalue weighted by Gasteiger charge is -2.38. The van der Waals surface area contributed by atoms with Crippen LogP contribution in [0.4, 0.5) is 28.4 Å². The first-order valence-electron chi connectivity index (χ1n) is 36.3. The van der Waals surface area contributed by atoms with Gasteiger partial charge >= 0.3 is 5.97 Å². The fourth-order valence-corrected chi connectivity index (χ4v) is 14.0. The first kappa shape index (κ1) is 97.5. The molecule has 3 aliphatic heterocycles. The Labute approximate surface area is 661 Å². The fourth-order valence-electron chi connectivity index (χ4n) is 10.8. The number of hydrogen-bond acceptors (Lipinski definition) is 25. The summed E-state index contributed by atoms with van der Waals surface area (Å²) in [5.41, 5.74) is 3.01. The summed E-state index contributed by atoms with van der Waals surface area (Å²) in [6, 6.07) is 12.8. The van der Waals surface area contributed by atoms with Crippen LogP contribution >= 0.6 is 0 Å². The Balaban J connectivity index is 0.000000365. The van der Waals surface area contributed by atoms with Crippen LogP contribution in [0.2, 0.25) is 54.4 Å². The predicted octanol–water partition coefficient (Wildman–Crippen LogP) is 14.3. The van der Waals surface area contributed by atoms with Gasteiger partial charge in [-0.3, -0.25) is 74.5 Å². The normalized spacial score (nSPS) is 16.9. The highest BCUT2D eigenvalue weighted by Gasteiger charge is 2.45. The van der Waals surface area contributed by atoms with Gasteiger partial charge in [0.2, 0.25) is 0 Å². The van der Waals surface area contributed by atoms with Gasteiger partial charge in [-0.15, -0.1) is 0 Å². The van der Waals surface area contributed by atoms with Gasteiger partial charge in [-0.25, -0.2) is 4.79 Å². The number of carbonyl (C=O) groups excluding carboxylic acids is 5. The Hall–Kier alpha value is -9.67. The average molecular weight is 1630 g/mol. The molecule has 3 saturated heterocycles. The maximum absolute atomic E-state index is 13.2. The number of aliphatic hydroxyl groups excluding tert-OH is 2. The summed E-state index contributed by atoms with van der Waals surface area (Å²) in [7, 11) is -2.82. The van der Waals surface area contributed by atoms with E-state index in [1.807, 2.05) is 6.92 Å². The SMILES string of the molecule is CC(C)(C)[Si](C)(C)OC[C@@H]1C[C@@H](O)CN1.COc1cc(C(=O)N2CC(=O)C[C@H]2CO[Si](C)(C)C(C)(C)C)c([N+](=O)[O-])cc1C.COc1cc(C(=O)N2C[C@H](O)C[C@H]2CO[Si](C)(C)C(C)(C)C)c([N+](=O)[O-])cc1C.Cc1cc(C(=O)O)c([N+](=O)[O-])cc1C.Cc1cc(C=O)c([N+](=O)[O-])cc1C.Cc1cc(C=O)c([N+](=O)[O-])cc1O. The molecule has 5 aromatic rings. The lowest BCUT2D eigenvalue weighted by Crippen LogP contribution is -2.46. The molecule has 0 unspecified atom stereocenters. The number of benzene rings is 5. The number of nitrogens with one attached hydrogen (secondary N) is 1. The molecule has 3 fully saturated rings. The largest absolute Gasteiger partial charge is 0.507 e. The van der Waals surface area contributed by atoms with Gasteiger partial charge in [-0.05, 0) is 173 Å². The first-order valence-corrected chi connectivity index (χ1v) is 45.0. The number of Topliss-reactive ketones (excluding diaryl/α,β-unsaturated/α-hetero) is 1. The molecule has 113 heavy (non-hydrogen) atoms. The van der Waals surface area contributed by atoms with E-state index >= 15 is 0 Å². The van der Waals surface area contributed by atoms with Crippen LogP contribution < -0.4 is 14.8 Å². The number of hydrogen-bond donors (Lipinski definition) is 5. The van der Waals surface area contributed by atoms with E-state index in [0.29, 0.717) is 71.9 Å². The third-order valence-electron chi connectivity index (χ3n) is 21.3. The molecule has 3 aliphatic rings. The Morgan fingerprint density at radius 2 is 0.850 bits per heavy atom. The van der Waals surface area contributed by atoms with Crippen molar-refractivity contribution in [2.24, 2.45) is 0 Å². The molecule has 2 amide bonds. The number of carboxylic acids is 1. The Morgan fingerprint density at radius 3 is 1.23 bits per heavy atom. The number of aldehydes is 2. The zero-order valence-corrected chi connectivity index (χ0v) is 72.2. The van der Waals surface area contributed by atoms with Crippen molar-refractivity contribution in [3.05, 3.63) is 178 Å².